The average Bonchev–Trinajstić information content (AvgIpc) is 3.23. The summed E-state index contributed by atoms with van der Waals surface area (Å²) in [4.78, 5) is 8.45. The summed E-state index contributed by atoms with van der Waals surface area (Å²) in [5, 5.41) is 6.72. The van der Waals surface area contributed by atoms with Crippen molar-refractivity contribution in [3.05, 3.63) is 77.9 Å². The molecule has 0 unspecified atom stereocenters. The van der Waals surface area contributed by atoms with Gasteiger partial charge < -0.3 is 19.9 Å². The monoisotopic (exact) mass is 363 g/mol. The van der Waals surface area contributed by atoms with Crippen molar-refractivity contribution in [2.24, 2.45) is 4.99 Å². The third-order valence-corrected chi connectivity index (χ3v) is 4.33. The predicted octanol–water partition coefficient (Wildman–Crippen LogP) is 3.05. The van der Waals surface area contributed by atoms with Crippen LogP contribution in [0.1, 0.15) is 16.7 Å². The van der Waals surface area contributed by atoms with Crippen molar-refractivity contribution in [1.29, 1.82) is 0 Å². The number of nitrogens with one attached hydrogen (secondary N) is 2. The number of aliphatic imine (C=N–C) groups is 1. The Hall–Kier alpha value is -3.28. The molecule has 3 aromatic rings. The van der Waals surface area contributed by atoms with Gasteiger partial charge in [0.25, 0.3) is 0 Å². The molecule has 0 aliphatic carbocycles. The van der Waals surface area contributed by atoms with E-state index >= 15 is 0 Å². The lowest BCUT2D eigenvalue weighted by Crippen LogP contribution is -2.36. The molecule has 27 heavy (non-hydrogen) atoms. The van der Waals surface area contributed by atoms with E-state index < -0.39 is 0 Å². The zero-order chi connectivity index (χ0) is 19.1. The van der Waals surface area contributed by atoms with Gasteiger partial charge in [-0.25, -0.2) is 4.98 Å². The van der Waals surface area contributed by atoms with Crippen LogP contribution in [0.15, 0.2) is 66.2 Å². The molecule has 140 valence electrons. The van der Waals surface area contributed by atoms with E-state index in [1.54, 1.807) is 26.7 Å². The number of hydrogen-bond donors (Lipinski definition) is 2. The van der Waals surface area contributed by atoms with Crippen LogP contribution in [0.2, 0.25) is 0 Å². The van der Waals surface area contributed by atoms with E-state index in [-0.39, 0.29) is 0 Å². The van der Waals surface area contributed by atoms with Gasteiger partial charge in [-0.1, -0.05) is 30.3 Å². The van der Waals surface area contributed by atoms with Crippen LogP contribution in [0.4, 0.5) is 0 Å². The first-order chi connectivity index (χ1) is 13.2. The molecule has 0 saturated heterocycles. The van der Waals surface area contributed by atoms with Gasteiger partial charge in [0.2, 0.25) is 0 Å². The van der Waals surface area contributed by atoms with Crippen LogP contribution in [0.25, 0.3) is 5.69 Å². The Bertz CT molecular complexity index is 903. The number of aromatic nitrogens is 2. The summed E-state index contributed by atoms with van der Waals surface area (Å²) < 4.78 is 7.47. The van der Waals surface area contributed by atoms with Crippen molar-refractivity contribution in [2.45, 2.75) is 20.0 Å². The van der Waals surface area contributed by atoms with Gasteiger partial charge >= 0.3 is 0 Å². The van der Waals surface area contributed by atoms with Crippen molar-refractivity contribution >= 4 is 5.96 Å². The van der Waals surface area contributed by atoms with Crippen molar-refractivity contribution < 1.29 is 4.74 Å². The summed E-state index contributed by atoms with van der Waals surface area (Å²) in [7, 11) is 3.46. The van der Waals surface area contributed by atoms with Crippen LogP contribution in [-0.2, 0) is 13.1 Å². The Morgan fingerprint density at radius 2 is 1.89 bits per heavy atom. The molecule has 1 aromatic heterocycles. The van der Waals surface area contributed by atoms with E-state index in [1.165, 1.54) is 5.56 Å². The molecule has 1 heterocycles. The normalized spacial score (nSPS) is 11.3. The van der Waals surface area contributed by atoms with Crippen LogP contribution in [-0.4, -0.2) is 29.7 Å². The van der Waals surface area contributed by atoms with E-state index in [9.17, 15) is 0 Å². The van der Waals surface area contributed by atoms with Gasteiger partial charge in [0, 0.05) is 38.1 Å². The van der Waals surface area contributed by atoms with Crippen molar-refractivity contribution in [3.63, 3.8) is 0 Å². The van der Waals surface area contributed by atoms with Crippen LogP contribution in [0, 0.1) is 6.92 Å². The molecule has 3 rings (SSSR count). The molecule has 0 bridgehead atoms. The zero-order valence-corrected chi connectivity index (χ0v) is 15.9. The summed E-state index contributed by atoms with van der Waals surface area (Å²) >= 11 is 0. The third-order valence-electron chi connectivity index (χ3n) is 4.33. The standard InChI is InChI=1S/C21H25N5O/c1-16-8-9-18(20(12-16)27-3)14-25-21(22-2)24-13-17-6-4-5-7-19(17)26-11-10-23-15-26/h4-12,15H,13-14H2,1-3H3,(H2,22,24,25). The maximum atomic E-state index is 5.47. The molecule has 6 heteroatoms. The summed E-state index contributed by atoms with van der Waals surface area (Å²) in [5.41, 5.74) is 4.52. The fraction of sp³-hybridized carbons (Fsp3) is 0.238. The second-order valence-electron chi connectivity index (χ2n) is 6.19. The molecule has 0 radical (unpaired) electrons. The lowest BCUT2D eigenvalue weighted by molar-refractivity contribution is 0.408. The maximum absolute atomic E-state index is 5.47. The Morgan fingerprint density at radius 3 is 2.59 bits per heavy atom. The largest absolute Gasteiger partial charge is 0.496 e. The second-order valence-corrected chi connectivity index (χ2v) is 6.19. The van der Waals surface area contributed by atoms with Crippen LogP contribution in [0.5, 0.6) is 5.75 Å². The van der Waals surface area contributed by atoms with Gasteiger partial charge in [0.05, 0.1) is 19.1 Å². The number of nitrogens with zero attached hydrogens (tertiary/aromatic N) is 3. The Balaban J connectivity index is 1.64. The van der Waals surface area contributed by atoms with Crippen molar-refractivity contribution in [2.75, 3.05) is 14.2 Å². The van der Waals surface area contributed by atoms with E-state index in [1.807, 2.05) is 29.0 Å². The predicted molar refractivity (Wildman–Crippen MR) is 108 cm³/mol. The molecule has 0 aliphatic heterocycles. The number of rotatable bonds is 6. The van der Waals surface area contributed by atoms with E-state index in [0.29, 0.717) is 13.1 Å². The smallest absolute Gasteiger partial charge is 0.191 e. The molecule has 0 aliphatic rings. The summed E-state index contributed by atoms with van der Waals surface area (Å²) in [6, 6.07) is 14.4. The van der Waals surface area contributed by atoms with E-state index in [4.69, 9.17) is 4.74 Å². The fourth-order valence-electron chi connectivity index (χ4n) is 2.89. The molecule has 0 atom stereocenters. The first kappa shape index (κ1) is 18.5. The molecule has 6 nitrogen and oxygen atoms in total. The number of guanidine groups is 1. The Morgan fingerprint density at radius 1 is 1.11 bits per heavy atom. The summed E-state index contributed by atoms with van der Waals surface area (Å²) in [5.74, 6) is 1.61. The highest BCUT2D eigenvalue weighted by molar-refractivity contribution is 5.79. The molecule has 0 amide bonds. The topological polar surface area (TPSA) is 63.5 Å². The highest BCUT2D eigenvalue weighted by Crippen LogP contribution is 2.19. The van der Waals surface area contributed by atoms with Gasteiger partial charge in [-0.15, -0.1) is 0 Å². The van der Waals surface area contributed by atoms with Crippen molar-refractivity contribution in [3.8, 4) is 11.4 Å². The van der Waals surface area contributed by atoms with Gasteiger partial charge in [-0.05, 0) is 30.2 Å². The minimum Gasteiger partial charge on any atom is -0.496 e. The highest BCUT2D eigenvalue weighted by atomic mass is 16.5. The summed E-state index contributed by atoms with van der Waals surface area (Å²) in [6.07, 6.45) is 5.52. The molecule has 0 saturated carbocycles. The number of ether oxygens (including phenoxy) is 1. The first-order valence-electron chi connectivity index (χ1n) is 8.85. The third kappa shape index (κ3) is 4.67. The molecular formula is C21H25N5O. The van der Waals surface area contributed by atoms with Crippen LogP contribution >= 0.6 is 0 Å². The average molecular weight is 363 g/mol. The fourth-order valence-corrected chi connectivity index (χ4v) is 2.89. The van der Waals surface area contributed by atoms with Gasteiger partial charge in [0.15, 0.2) is 5.96 Å². The number of benzene rings is 2. The van der Waals surface area contributed by atoms with E-state index in [2.05, 4.69) is 51.8 Å². The molecule has 2 aromatic carbocycles. The van der Waals surface area contributed by atoms with Crippen LogP contribution in [0.3, 0.4) is 0 Å². The molecule has 2 N–H and O–H groups in total. The van der Waals surface area contributed by atoms with Crippen LogP contribution < -0.4 is 15.4 Å². The molecule has 0 spiro atoms. The maximum Gasteiger partial charge on any atom is 0.191 e. The molecule has 0 fully saturated rings. The minimum absolute atomic E-state index is 0.631. The van der Waals surface area contributed by atoms with Crippen molar-refractivity contribution in [1.82, 2.24) is 20.2 Å². The van der Waals surface area contributed by atoms with Gasteiger partial charge in [0.1, 0.15) is 5.75 Å². The Labute approximate surface area is 159 Å². The Kier molecular flexibility index (Phi) is 6.10. The zero-order valence-electron chi connectivity index (χ0n) is 15.9. The highest BCUT2D eigenvalue weighted by Gasteiger charge is 2.07. The van der Waals surface area contributed by atoms with Gasteiger partial charge in [-0.3, -0.25) is 4.99 Å². The quantitative estimate of drug-likeness (QED) is 0.522. The number of aryl methyl sites for hydroxylation is 1. The lowest BCUT2D eigenvalue weighted by atomic mass is 10.1. The SMILES string of the molecule is CN=C(NCc1ccc(C)cc1OC)NCc1ccccc1-n1ccnc1. The second kappa shape index (κ2) is 8.89. The lowest BCUT2D eigenvalue weighted by Gasteiger charge is -2.16. The number of para-hydroxylation sites is 1. The summed E-state index contributed by atoms with van der Waals surface area (Å²) in [6.45, 7) is 3.34. The minimum atomic E-state index is 0.631. The number of methoxy groups -OCH3 is 1. The van der Waals surface area contributed by atoms with Gasteiger partial charge in [-0.2, -0.15) is 0 Å². The number of imidazole rings is 1. The van der Waals surface area contributed by atoms with E-state index in [0.717, 1.165) is 28.5 Å². The number of hydrogen-bond acceptors (Lipinski definition) is 3. The molecular weight excluding hydrogens is 338 g/mol. The first-order valence-corrected chi connectivity index (χ1v) is 8.85.